The Kier molecular flexibility index (Phi) is 6.35. The van der Waals surface area contributed by atoms with Gasteiger partial charge in [-0.25, -0.2) is 9.98 Å². The number of aryl methyl sites for hydroxylation is 1. The summed E-state index contributed by atoms with van der Waals surface area (Å²) in [5, 5.41) is 3.78. The molecule has 0 bridgehead atoms. The number of hydrogen-bond donors (Lipinski definition) is 1. The van der Waals surface area contributed by atoms with E-state index in [0.717, 1.165) is 50.5 Å². The Morgan fingerprint density at radius 1 is 1.30 bits per heavy atom. The van der Waals surface area contributed by atoms with Crippen molar-refractivity contribution in [1.29, 1.82) is 0 Å². The van der Waals surface area contributed by atoms with Crippen molar-refractivity contribution in [1.82, 2.24) is 14.9 Å². The third-order valence-corrected chi connectivity index (χ3v) is 5.65. The zero-order valence-corrected chi connectivity index (χ0v) is 17.5. The highest BCUT2D eigenvalue weighted by atomic mass is 16.5. The topological polar surface area (TPSA) is 98.2 Å². The molecule has 2 aromatic heterocycles. The molecule has 0 aliphatic carbocycles. The summed E-state index contributed by atoms with van der Waals surface area (Å²) in [5.41, 5.74) is 5.49. The molecule has 8 nitrogen and oxygen atoms in total. The van der Waals surface area contributed by atoms with Gasteiger partial charge < -0.3 is 15.3 Å². The van der Waals surface area contributed by atoms with Crippen molar-refractivity contribution in [2.75, 3.05) is 26.4 Å². The summed E-state index contributed by atoms with van der Waals surface area (Å²) < 4.78 is 11.5. The van der Waals surface area contributed by atoms with Gasteiger partial charge in [-0.15, -0.1) is 0 Å². The number of aliphatic imine (C=N–C) groups is 1. The van der Waals surface area contributed by atoms with Gasteiger partial charge in [-0.2, -0.15) is 5.10 Å². The van der Waals surface area contributed by atoms with Crippen LogP contribution in [0.25, 0.3) is 0 Å². The Balaban J connectivity index is 1.44. The van der Waals surface area contributed by atoms with Crippen LogP contribution in [0.2, 0.25) is 0 Å². The Hall–Kier alpha value is -2.84. The molecule has 8 heteroatoms. The van der Waals surface area contributed by atoms with Gasteiger partial charge in [0, 0.05) is 43.7 Å². The van der Waals surface area contributed by atoms with Crippen molar-refractivity contribution in [3.8, 4) is 5.88 Å². The lowest BCUT2D eigenvalue weighted by Crippen LogP contribution is -2.39. The van der Waals surface area contributed by atoms with E-state index in [-0.39, 0.29) is 6.61 Å². The van der Waals surface area contributed by atoms with Crippen LogP contribution in [0.3, 0.4) is 0 Å². The third-order valence-electron chi connectivity index (χ3n) is 5.65. The Morgan fingerprint density at radius 3 is 2.93 bits per heavy atom. The first-order valence-corrected chi connectivity index (χ1v) is 10.3. The quantitative estimate of drug-likeness (QED) is 0.448. The van der Waals surface area contributed by atoms with Crippen LogP contribution < -0.4 is 10.6 Å². The van der Waals surface area contributed by atoms with E-state index in [0.29, 0.717) is 23.3 Å². The minimum atomic E-state index is 0.234. The number of ether oxygens (including phenoxy) is 2. The number of nitrogens with two attached hydrogens (primary N) is 1. The lowest BCUT2D eigenvalue weighted by atomic mass is 10.0. The van der Waals surface area contributed by atoms with Crippen LogP contribution in [0.5, 0.6) is 5.88 Å². The van der Waals surface area contributed by atoms with Crippen LogP contribution in [0.4, 0.5) is 5.69 Å². The van der Waals surface area contributed by atoms with Crippen molar-refractivity contribution in [3.05, 3.63) is 47.4 Å². The summed E-state index contributed by atoms with van der Waals surface area (Å²) in [7, 11) is 0. The van der Waals surface area contributed by atoms with Gasteiger partial charge in [0.2, 0.25) is 5.88 Å². The second-order valence-corrected chi connectivity index (χ2v) is 7.75. The Morgan fingerprint density at radius 2 is 2.20 bits per heavy atom. The monoisotopic (exact) mass is 408 g/mol. The van der Waals surface area contributed by atoms with Gasteiger partial charge in [0.25, 0.3) is 0 Å². The van der Waals surface area contributed by atoms with E-state index in [1.165, 1.54) is 11.1 Å². The third kappa shape index (κ3) is 4.83. The smallest absolute Gasteiger partial charge is 0.213 e. The molecule has 1 unspecified atom stereocenters. The second kappa shape index (κ2) is 9.32. The van der Waals surface area contributed by atoms with Crippen LogP contribution in [0.1, 0.15) is 30.2 Å². The molecule has 2 N–H and O–H groups in total. The molecule has 158 valence electrons. The van der Waals surface area contributed by atoms with E-state index in [1.54, 1.807) is 6.20 Å². The van der Waals surface area contributed by atoms with Crippen molar-refractivity contribution in [3.63, 3.8) is 0 Å². The molecule has 4 heterocycles. The van der Waals surface area contributed by atoms with Gasteiger partial charge in [0.05, 0.1) is 24.2 Å². The summed E-state index contributed by atoms with van der Waals surface area (Å²) >= 11 is 0. The molecule has 0 aromatic carbocycles. The highest BCUT2D eigenvalue weighted by Gasteiger charge is 2.27. The minimum Gasteiger partial charge on any atom is -0.471 e. The number of pyridine rings is 2. The lowest BCUT2D eigenvalue weighted by Gasteiger charge is -2.32. The molecule has 0 radical (unpaired) electrons. The number of hydrazone groups is 1. The molecule has 2 aromatic rings. The first kappa shape index (κ1) is 20.4. The molecule has 1 atom stereocenters. The van der Waals surface area contributed by atoms with Crippen LogP contribution in [0, 0.1) is 6.92 Å². The molecule has 0 amide bonds. The van der Waals surface area contributed by atoms with E-state index >= 15 is 0 Å². The van der Waals surface area contributed by atoms with E-state index < -0.39 is 0 Å². The van der Waals surface area contributed by atoms with Gasteiger partial charge in [0.1, 0.15) is 12.3 Å². The maximum absolute atomic E-state index is 5.95. The highest BCUT2D eigenvalue weighted by molar-refractivity contribution is 6.42. The average molecular weight is 409 g/mol. The van der Waals surface area contributed by atoms with Gasteiger partial charge in [0.15, 0.2) is 0 Å². The maximum Gasteiger partial charge on any atom is 0.213 e. The molecular formula is C22H28N6O2. The van der Waals surface area contributed by atoms with Gasteiger partial charge >= 0.3 is 0 Å². The molecular weight excluding hydrogens is 380 g/mol. The van der Waals surface area contributed by atoms with E-state index in [4.69, 9.17) is 15.3 Å². The molecule has 0 saturated carbocycles. The highest BCUT2D eigenvalue weighted by Crippen LogP contribution is 2.25. The summed E-state index contributed by atoms with van der Waals surface area (Å²) in [6.07, 6.45) is 5.75. The summed E-state index contributed by atoms with van der Waals surface area (Å²) in [5.74, 6) is 6.07. The molecule has 2 aliphatic heterocycles. The molecule has 2 aliphatic rings. The average Bonchev–Trinajstić information content (AvgIpc) is 3.32. The van der Waals surface area contributed by atoms with E-state index in [2.05, 4.69) is 25.0 Å². The minimum absolute atomic E-state index is 0.234. The number of aromatic nitrogens is 2. The predicted octanol–water partition coefficient (Wildman–Crippen LogP) is 2.42. The summed E-state index contributed by atoms with van der Waals surface area (Å²) in [6, 6.07) is 6.39. The maximum atomic E-state index is 5.95. The fraction of sp³-hybridized carbons (Fsp3) is 0.455. The van der Waals surface area contributed by atoms with Crippen LogP contribution in [0.15, 0.2) is 40.7 Å². The van der Waals surface area contributed by atoms with Crippen molar-refractivity contribution in [2.45, 2.75) is 39.3 Å². The predicted molar refractivity (Wildman–Crippen MR) is 116 cm³/mol. The fourth-order valence-corrected chi connectivity index (χ4v) is 3.76. The second-order valence-electron chi connectivity index (χ2n) is 7.75. The van der Waals surface area contributed by atoms with Crippen molar-refractivity contribution < 1.29 is 9.47 Å². The van der Waals surface area contributed by atoms with Crippen LogP contribution >= 0.6 is 0 Å². The lowest BCUT2D eigenvalue weighted by molar-refractivity contribution is 0.134. The molecule has 1 fully saturated rings. The molecule has 30 heavy (non-hydrogen) atoms. The number of rotatable bonds is 6. The normalized spacial score (nSPS) is 20.3. The number of fused-ring (bicyclic) bond motifs is 1. The van der Waals surface area contributed by atoms with Crippen LogP contribution in [-0.2, 0) is 17.7 Å². The van der Waals surface area contributed by atoms with Gasteiger partial charge in [-0.1, -0.05) is 0 Å². The first-order chi connectivity index (χ1) is 14.6. The van der Waals surface area contributed by atoms with Gasteiger partial charge in [-0.3, -0.25) is 9.88 Å². The SMILES string of the molecule is C/C(=N/N)C(COc1cc2c(cn1)CN(C1CCOC1)CC2)=Nc1ccc(C)nc1. The van der Waals surface area contributed by atoms with E-state index in [1.807, 2.05) is 38.2 Å². The zero-order chi connectivity index (χ0) is 20.9. The molecule has 1 saturated heterocycles. The Labute approximate surface area is 176 Å². The molecule has 0 spiro atoms. The summed E-state index contributed by atoms with van der Waals surface area (Å²) in [6.45, 7) is 7.65. The summed E-state index contributed by atoms with van der Waals surface area (Å²) in [4.78, 5) is 15.9. The number of nitrogens with zero attached hydrogens (tertiary/aromatic N) is 5. The van der Waals surface area contributed by atoms with Crippen molar-refractivity contribution >= 4 is 17.1 Å². The van der Waals surface area contributed by atoms with Crippen molar-refractivity contribution in [2.24, 2.45) is 15.9 Å². The largest absolute Gasteiger partial charge is 0.471 e. The number of hydrogen-bond acceptors (Lipinski definition) is 8. The molecule has 4 rings (SSSR count). The Bertz CT molecular complexity index is 935. The van der Waals surface area contributed by atoms with Crippen LogP contribution in [-0.4, -0.2) is 58.7 Å². The zero-order valence-electron chi connectivity index (χ0n) is 17.5. The standard InChI is InChI=1S/C22H28N6O2/c1-15-3-4-19(11-24-15)26-21(16(2)27-23)14-30-22-9-17-5-7-28(12-18(17)10-25-22)20-6-8-29-13-20/h3-4,9-11,20H,5-8,12-14,23H2,1-2H3/b26-21?,27-16-. The van der Waals surface area contributed by atoms with E-state index in [9.17, 15) is 0 Å². The van der Waals surface area contributed by atoms with Gasteiger partial charge in [-0.05, 0) is 49.9 Å². The first-order valence-electron chi connectivity index (χ1n) is 10.3. The fourth-order valence-electron chi connectivity index (χ4n) is 3.76.